The zero-order valence-electron chi connectivity index (χ0n) is 8.73. The second kappa shape index (κ2) is 4.42. The van der Waals surface area contributed by atoms with E-state index in [1.54, 1.807) is 0 Å². The van der Waals surface area contributed by atoms with E-state index in [1.165, 1.54) is 6.92 Å². The second-order valence-corrected chi connectivity index (χ2v) is 6.16. The van der Waals surface area contributed by atoms with Crippen LogP contribution in [0.5, 0.6) is 0 Å². The highest BCUT2D eigenvalue weighted by Crippen LogP contribution is 2.03. The van der Waals surface area contributed by atoms with Crippen molar-refractivity contribution in [1.82, 2.24) is 9.55 Å². The molecule has 1 atom stereocenters. The Morgan fingerprint density at radius 1 is 1.50 bits per heavy atom. The highest BCUT2D eigenvalue weighted by atomic mass is 35.5. The fourth-order valence-electron chi connectivity index (χ4n) is 1.41. The Kier molecular flexibility index (Phi) is 3.59. The predicted molar refractivity (Wildman–Crippen MR) is 60.8 cm³/mol. The Labute approximate surface area is 96.8 Å². The third kappa shape index (κ3) is 3.21. The first-order valence-corrected chi connectivity index (χ1v) is 6.83. The molecule has 1 aromatic rings. The number of H-pyrrole nitrogens is 1. The molecule has 0 bridgehead atoms. The first-order valence-electron chi connectivity index (χ1n) is 4.40. The Balaban J connectivity index is 3.25. The first-order chi connectivity index (χ1) is 7.20. The smallest absolute Gasteiger partial charge is 0.298 e. The van der Waals surface area contributed by atoms with Crippen LogP contribution in [-0.2, 0) is 9.84 Å². The van der Waals surface area contributed by atoms with Gasteiger partial charge < -0.3 is 0 Å². The molecule has 16 heavy (non-hydrogen) atoms. The largest absolute Gasteiger partial charge is 0.329 e. The van der Waals surface area contributed by atoms with E-state index in [1.807, 2.05) is 0 Å². The van der Waals surface area contributed by atoms with E-state index >= 15 is 0 Å². The molecule has 0 spiro atoms. The molecule has 0 fully saturated rings. The van der Waals surface area contributed by atoms with Crippen molar-refractivity contribution < 1.29 is 8.42 Å². The summed E-state index contributed by atoms with van der Waals surface area (Å²) >= 11 is 5.47. The zero-order valence-corrected chi connectivity index (χ0v) is 10.3. The maximum atomic E-state index is 11.5. The van der Waals surface area contributed by atoms with Gasteiger partial charge in [0.1, 0.15) is 15.0 Å². The summed E-state index contributed by atoms with van der Waals surface area (Å²) in [5.74, 6) is -0.280. The van der Waals surface area contributed by atoms with Gasteiger partial charge in [-0.15, -0.1) is 0 Å². The minimum atomic E-state index is -3.26. The number of hydrogen-bond acceptors (Lipinski definition) is 4. The first kappa shape index (κ1) is 13.0. The van der Waals surface area contributed by atoms with Gasteiger partial charge in [-0.25, -0.2) is 13.2 Å². The third-order valence-corrected chi connectivity index (χ3v) is 3.21. The van der Waals surface area contributed by atoms with E-state index in [0.29, 0.717) is 0 Å². The minimum absolute atomic E-state index is 0.0715. The Bertz CT molecular complexity index is 570. The molecule has 1 aromatic heterocycles. The summed E-state index contributed by atoms with van der Waals surface area (Å²) in [5, 5.41) is -0.0715. The van der Waals surface area contributed by atoms with Gasteiger partial charge in [-0.3, -0.25) is 14.3 Å². The molecular formula is C8H11ClN2O4S. The molecule has 0 saturated carbocycles. The molecule has 1 unspecified atom stereocenters. The Hall–Kier alpha value is -1.08. The lowest BCUT2D eigenvalue weighted by Crippen LogP contribution is -2.38. The van der Waals surface area contributed by atoms with E-state index in [-0.39, 0.29) is 10.9 Å². The predicted octanol–water partition coefficient (Wildman–Crippen LogP) is -0.204. The average molecular weight is 267 g/mol. The molecule has 1 heterocycles. The topological polar surface area (TPSA) is 89.0 Å². The third-order valence-electron chi connectivity index (χ3n) is 1.92. The van der Waals surface area contributed by atoms with Crippen LogP contribution in [0.1, 0.15) is 13.0 Å². The molecule has 90 valence electrons. The number of halogens is 1. The average Bonchev–Trinajstić information content (AvgIpc) is 1.96. The summed E-state index contributed by atoms with van der Waals surface area (Å²) < 4.78 is 22.9. The van der Waals surface area contributed by atoms with Gasteiger partial charge in [-0.2, -0.15) is 0 Å². The van der Waals surface area contributed by atoms with Crippen molar-refractivity contribution in [2.75, 3.05) is 12.0 Å². The van der Waals surface area contributed by atoms with Gasteiger partial charge in [0.25, 0.3) is 5.56 Å². The summed E-state index contributed by atoms with van der Waals surface area (Å²) in [4.78, 5) is 25.1. The molecule has 0 aliphatic carbocycles. The fourth-order valence-corrected chi connectivity index (χ4v) is 2.61. The molecule has 6 nitrogen and oxygen atoms in total. The zero-order chi connectivity index (χ0) is 12.5. The summed E-state index contributed by atoms with van der Waals surface area (Å²) in [6.07, 6.45) is 1.04. The van der Waals surface area contributed by atoms with Gasteiger partial charge in [-0.1, -0.05) is 11.6 Å². The number of nitrogens with one attached hydrogen (secondary N) is 1. The molecule has 0 amide bonds. The normalized spacial score (nSPS) is 13.7. The minimum Gasteiger partial charge on any atom is -0.298 e. The van der Waals surface area contributed by atoms with E-state index in [4.69, 9.17) is 11.6 Å². The SMILES string of the molecule is CC(CS(C)(=O)=O)n1c(=O)cc(Cl)[nH]c1=O. The molecule has 0 aliphatic rings. The lowest BCUT2D eigenvalue weighted by molar-refractivity contribution is 0.530. The van der Waals surface area contributed by atoms with Crippen LogP contribution in [0.15, 0.2) is 15.7 Å². The highest BCUT2D eigenvalue weighted by Gasteiger charge is 2.16. The monoisotopic (exact) mass is 266 g/mol. The fraction of sp³-hybridized carbons (Fsp3) is 0.500. The summed E-state index contributed by atoms with van der Waals surface area (Å²) in [6, 6.07) is 0.297. The van der Waals surface area contributed by atoms with Crippen molar-refractivity contribution in [1.29, 1.82) is 0 Å². The maximum absolute atomic E-state index is 11.5. The molecule has 8 heteroatoms. The molecule has 1 N–H and O–H groups in total. The van der Waals surface area contributed by atoms with Gasteiger partial charge in [-0.05, 0) is 6.92 Å². The molecule has 0 radical (unpaired) electrons. The number of aromatic nitrogens is 2. The summed E-state index contributed by atoms with van der Waals surface area (Å²) in [5.41, 5.74) is -1.33. The highest BCUT2D eigenvalue weighted by molar-refractivity contribution is 7.90. The number of nitrogens with zero attached hydrogens (tertiary/aromatic N) is 1. The van der Waals surface area contributed by atoms with Gasteiger partial charge in [0.15, 0.2) is 0 Å². The van der Waals surface area contributed by atoms with E-state index in [2.05, 4.69) is 4.98 Å². The lowest BCUT2D eigenvalue weighted by Gasteiger charge is -2.12. The van der Waals surface area contributed by atoms with Crippen molar-refractivity contribution in [2.24, 2.45) is 0 Å². The van der Waals surface area contributed by atoms with Crippen molar-refractivity contribution in [2.45, 2.75) is 13.0 Å². The molecule has 0 saturated heterocycles. The molecular weight excluding hydrogens is 256 g/mol. The van der Waals surface area contributed by atoms with Crippen LogP contribution in [0.25, 0.3) is 0 Å². The Morgan fingerprint density at radius 2 is 2.06 bits per heavy atom. The molecule has 0 aliphatic heterocycles. The van der Waals surface area contributed by atoms with Crippen LogP contribution in [0.4, 0.5) is 0 Å². The van der Waals surface area contributed by atoms with Crippen LogP contribution >= 0.6 is 11.6 Å². The summed E-state index contributed by atoms with van der Waals surface area (Å²) in [7, 11) is -3.26. The van der Waals surface area contributed by atoms with Crippen molar-refractivity contribution in [3.63, 3.8) is 0 Å². The maximum Gasteiger partial charge on any atom is 0.329 e. The van der Waals surface area contributed by atoms with Crippen LogP contribution in [0.2, 0.25) is 5.15 Å². The number of rotatable bonds is 3. The number of sulfone groups is 1. The number of hydrogen-bond donors (Lipinski definition) is 1. The van der Waals surface area contributed by atoms with Gasteiger partial charge >= 0.3 is 5.69 Å². The van der Waals surface area contributed by atoms with E-state index in [9.17, 15) is 18.0 Å². The van der Waals surface area contributed by atoms with Gasteiger partial charge in [0.05, 0.1) is 11.8 Å². The van der Waals surface area contributed by atoms with Crippen LogP contribution < -0.4 is 11.2 Å². The van der Waals surface area contributed by atoms with Crippen LogP contribution in [0.3, 0.4) is 0 Å². The lowest BCUT2D eigenvalue weighted by atomic mass is 10.4. The van der Waals surface area contributed by atoms with Crippen molar-refractivity contribution >= 4 is 21.4 Å². The van der Waals surface area contributed by atoms with Crippen LogP contribution in [0, 0.1) is 0 Å². The second-order valence-electron chi connectivity index (χ2n) is 3.57. The summed E-state index contributed by atoms with van der Waals surface area (Å²) in [6.45, 7) is 1.48. The molecule has 0 aromatic carbocycles. The van der Waals surface area contributed by atoms with Gasteiger partial charge in [0.2, 0.25) is 0 Å². The molecule has 1 rings (SSSR count). The van der Waals surface area contributed by atoms with Crippen LogP contribution in [-0.4, -0.2) is 30.0 Å². The van der Waals surface area contributed by atoms with E-state index < -0.39 is 27.1 Å². The van der Waals surface area contributed by atoms with Crippen molar-refractivity contribution in [3.05, 3.63) is 32.1 Å². The number of aromatic amines is 1. The van der Waals surface area contributed by atoms with Crippen molar-refractivity contribution in [3.8, 4) is 0 Å². The van der Waals surface area contributed by atoms with Gasteiger partial charge in [0, 0.05) is 12.3 Å². The van der Waals surface area contributed by atoms with E-state index in [0.717, 1.165) is 16.9 Å². The quantitative estimate of drug-likeness (QED) is 0.767. The standard InChI is InChI=1S/C8H11ClN2O4S/c1-5(4-16(2,14)15)11-7(12)3-6(9)10-8(11)13/h3,5H,4H2,1-2H3,(H,10,13). The Morgan fingerprint density at radius 3 is 2.50 bits per heavy atom.